The Morgan fingerprint density at radius 2 is 1.45 bits per heavy atom. The number of carbonyl (C=O) groups excluding carboxylic acids is 3. The molecule has 2 aliphatic rings. The summed E-state index contributed by atoms with van der Waals surface area (Å²) < 4.78 is 86.9. The van der Waals surface area contributed by atoms with Crippen molar-refractivity contribution in [1.82, 2.24) is 15.1 Å². The third-order valence-electron chi connectivity index (χ3n) is 8.23. The highest BCUT2D eigenvalue weighted by atomic mass is 19.4. The number of amides is 3. The number of likely N-dealkylation sites (tertiary alicyclic amines) is 2. The molecule has 4 rings (SSSR count). The number of hydrogen-bond donors (Lipinski definition) is 1. The van der Waals surface area contributed by atoms with Crippen molar-refractivity contribution in [3.63, 3.8) is 0 Å². The third-order valence-corrected chi connectivity index (χ3v) is 8.23. The first-order chi connectivity index (χ1) is 20.6. The largest absolute Gasteiger partial charge is 0.416 e. The number of ether oxygens (including phenoxy) is 1. The van der Waals surface area contributed by atoms with Gasteiger partial charge in [0.05, 0.1) is 29.9 Å². The molecule has 13 heteroatoms. The second-order valence-electron chi connectivity index (χ2n) is 11.3. The van der Waals surface area contributed by atoms with Crippen molar-refractivity contribution >= 4 is 17.7 Å². The van der Waals surface area contributed by atoms with Gasteiger partial charge >= 0.3 is 12.4 Å². The highest BCUT2D eigenvalue weighted by molar-refractivity contribution is 5.84. The van der Waals surface area contributed by atoms with Gasteiger partial charge in [-0.1, -0.05) is 30.3 Å². The van der Waals surface area contributed by atoms with Gasteiger partial charge in [-0.3, -0.25) is 14.4 Å². The lowest BCUT2D eigenvalue weighted by molar-refractivity contribution is -0.144. The number of halogens is 6. The van der Waals surface area contributed by atoms with Crippen LogP contribution in [0.3, 0.4) is 0 Å². The number of rotatable bonds is 7. The molecule has 2 aromatic carbocycles. The molecule has 7 nitrogen and oxygen atoms in total. The van der Waals surface area contributed by atoms with Gasteiger partial charge in [-0.05, 0) is 55.5 Å². The van der Waals surface area contributed by atoms with Crippen molar-refractivity contribution in [2.24, 2.45) is 5.92 Å². The number of benzene rings is 2. The van der Waals surface area contributed by atoms with Crippen molar-refractivity contribution in [2.45, 2.75) is 63.6 Å². The van der Waals surface area contributed by atoms with E-state index in [0.717, 1.165) is 5.56 Å². The minimum absolute atomic E-state index is 0.0703. The molecule has 0 aromatic heterocycles. The Hall–Kier alpha value is -3.61. The topological polar surface area (TPSA) is 79.0 Å². The third kappa shape index (κ3) is 8.30. The molecule has 2 aromatic rings. The molecule has 1 N–H and O–H groups in total. The molecule has 240 valence electrons. The van der Waals surface area contributed by atoms with E-state index in [1.165, 1.54) is 13.8 Å². The van der Waals surface area contributed by atoms with E-state index in [1.54, 1.807) is 9.80 Å². The van der Waals surface area contributed by atoms with Crippen molar-refractivity contribution < 1.29 is 45.5 Å². The van der Waals surface area contributed by atoms with Gasteiger partial charge in [0.1, 0.15) is 0 Å². The Balaban J connectivity index is 1.47. The van der Waals surface area contributed by atoms with Crippen LogP contribution >= 0.6 is 0 Å². The zero-order valence-corrected chi connectivity index (χ0v) is 24.4. The van der Waals surface area contributed by atoms with Crippen LogP contribution in [0.4, 0.5) is 26.3 Å². The van der Waals surface area contributed by atoms with E-state index in [9.17, 15) is 40.7 Å². The molecular formula is C31H35F6N3O4. The maximum Gasteiger partial charge on any atom is 0.416 e. The Kier molecular flexibility index (Phi) is 10.3. The molecule has 3 unspecified atom stereocenters. The molecule has 3 atom stereocenters. The van der Waals surface area contributed by atoms with Crippen molar-refractivity contribution in [3.05, 3.63) is 70.8 Å². The van der Waals surface area contributed by atoms with E-state index >= 15 is 0 Å². The summed E-state index contributed by atoms with van der Waals surface area (Å²) in [7, 11) is 0. The molecule has 0 bridgehead atoms. The summed E-state index contributed by atoms with van der Waals surface area (Å²) in [6, 6.07) is 10.6. The lowest BCUT2D eigenvalue weighted by atomic mass is 9.86. The molecule has 2 fully saturated rings. The van der Waals surface area contributed by atoms with Crippen LogP contribution < -0.4 is 5.32 Å². The van der Waals surface area contributed by atoms with Crippen LogP contribution in [-0.2, 0) is 31.5 Å². The Bertz CT molecular complexity index is 1290. The highest BCUT2D eigenvalue weighted by Crippen LogP contribution is 2.40. The maximum absolute atomic E-state index is 13.5. The molecule has 0 radical (unpaired) electrons. The predicted octanol–water partition coefficient (Wildman–Crippen LogP) is 5.56. The molecule has 3 amide bonds. The minimum Gasteiger partial charge on any atom is -0.370 e. The van der Waals surface area contributed by atoms with E-state index in [-0.39, 0.29) is 54.3 Å². The molecule has 0 saturated carbocycles. The van der Waals surface area contributed by atoms with E-state index in [4.69, 9.17) is 4.74 Å². The van der Waals surface area contributed by atoms with Gasteiger partial charge in [0.2, 0.25) is 17.7 Å². The summed E-state index contributed by atoms with van der Waals surface area (Å²) in [5.41, 5.74) is -2.21. The summed E-state index contributed by atoms with van der Waals surface area (Å²) >= 11 is 0. The number of hydrogen-bond acceptors (Lipinski definition) is 4. The van der Waals surface area contributed by atoms with Gasteiger partial charge in [0.25, 0.3) is 0 Å². The summed E-state index contributed by atoms with van der Waals surface area (Å²) in [5.74, 6) is -1.27. The lowest BCUT2D eigenvalue weighted by Gasteiger charge is -2.42. The van der Waals surface area contributed by atoms with Gasteiger partial charge < -0.3 is 19.9 Å². The number of nitrogens with zero attached hydrogens (tertiary/aromatic N) is 2. The number of piperidine rings is 2. The normalized spacial score (nSPS) is 20.7. The minimum atomic E-state index is -4.97. The quantitative estimate of drug-likeness (QED) is 0.408. The first kappa shape index (κ1) is 33.3. The number of alkyl halides is 6. The standard InChI is InChI=1S/C31H35F6N3O4/c1-19(23-14-24(30(32,33)34)16-25(15-23)31(35,36)37)44-27-10-13-40(18-26(27)21-6-4-3-5-7-21)29(43)22-8-11-39(12-9-22)28(42)17-38-20(2)41/h3-7,14-16,19,22,26-27H,8-13,17-18H2,1-2H3,(H,38,41). The fraction of sp³-hybridized carbons (Fsp3) is 0.516. The predicted molar refractivity (Wildman–Crippen MR) is 148 cm³/mol. The molecule has 2 saturated heterocycles. The van der Waals surface area contributed by atoms with Gasteiger partial charge in [0, 0.05) is 44.9 Å². The van der Waals surface area contributed by atoms with Gasteiger partial charge in [-0.25, -0.2) is 0 Å². The van der Waals surface area contributed by atoms with Gasteiger partial charge in [-0.15, -0.1) is 0 Å². The van der Waals surface area contributed by atoms with Crippen LogP contribution in [0.5, 0.6) is 0 Å². The maximum atomic E-state index is 13.5. The Morgan fingerprint density at radius 3 is 2.00 bits per heavy atom. The zero-order valence-electron chi connectivity index (χ0n) is 24.4. The van der Waals surface area contributed by atoms with Crippen LogP contribution in [0.15, 0.2) is 48.5 Å². The monoisotopic (exact) mass is 627 g/mol. The fourth-order valence-electron chi connectivity index (χ4n) is 5.81. The smallest absolute Gasteiger partial charge is 0.370 e. The van der Waals surface area contributed by atoms with Crippen LogP contribution in [0.2, 0.25) is 0 Å². The molecule has 0 spiro atoms. The first-order valence-electron chi connectivity index (χ1n) is 14.4. The zero-order chi connectivity index (χ0) is 32.2. The summed E-state index contributed by atoms with van der Waals surface area (Å²) in [4.78, 5) is 40.3. The highest BCUT2D eigenvalue weighted by Gasteiger charge is 2.40. The second kappa shape index (κ2) is 13.6. The summed E-state index contributed by atoms with van der Waals surface area (Å²) in [6.45, 7) is 3.98. The van der Waals surface area contributed by atoms with E-state index in [2.05, 4.69) is 5.32 Å². The Labute approximate surface area is 251 Å². The SMILES string of the molecule is CC(=O)NCC(=O)N1CCC(C(=O)N2CCC(OC(C)c3cc(C(F)(F)F)cc(C(F)(F)F)c3)C(c3ccccc3)C2)CC1. The van der Waals surface area contributed by atoms with Crippen LogP contribution in [0, 0.1) is 5.92 Å². The van der Waals surface area contributed by atoms with E-state index in [1.807, 2.05) is 30.3 Å². The van der Waals surface area contributed by atoms with Crippen molar-refractivity contribution in [3.8, 4) is 0 Å². The fourth-order valence-corrected chi connectivity index (χ4v) is 5.81. The lowest BCUT2D eigenvalue weighted by Crippen LogP contribution is -2.50. The molecular weight excluding hydrogens is 592 g/mol. The van der Waals surface area contributed by atoms with Gasteiger partial charge in [0.15, 0.2) is 0 Å². The molecule has 2 heterocycles. The average molecular weight is 628 g/mol. The van der Waals surface area contributed by atoms with Crippen molar-refractivity contribution in [2.75, 3.05) is 32.7 Å². The van der Waals surface area contributed by atoms with Crippen molar-refractivity contribution in [1.29, 1.82) is 0 Å². The van der Waals surface area contributed by atoms with Crippen LogP contribution in [0.25, 0.3) is 0 Å². The summed E-state index contributed by atoms with van der Waals surface area (Å²) in [5, 5.41) is 2.48. The van der Waals surface area contributed by atoms with Gasteiger partial charge in [-0.2, -0.15) is 26.3 Å². The molecule has 2 aliphatic heterocycles. The number of carbonyl (C=O) groups is 3. The molecule has 44 heavy (non-hydrogen) atoms. The van der Waals surface area contributed by atoms with E-state index in [0.29, 0.717) is 51.0 Å². The number of nitrogens with one attached hydrogen (secondary N) is 1. The van der Waals surface area contributed by atoms with Crippen LogP contribution in [0.1, 0.15) is 67.4 Å². The second-order valence-corrected chi connectivity index (χ2v) is 11.3. The Morgan fingerprint density at radius 1 is 0.886 bits per heavy atom. The first-order valence-corrected chi connectivity index (χ1v) is 14.4. The average Bonchev–Trinajstić information content (AvgIpc) is 2.99. The molecule has 0 aliphatic carbocycles. The summed E-state index contributed by atoms with van der Waals surface area (Å²) in [6.07, 6.45) is -10.3. The van der Waals surface area contributed by atoms with Crippen LogP contribution in [-0.4, -0.2) is 66.3 Å². The van der Waals surface area contributed by atoms with E-state index < -0.39 is 35.7 Å².